The summed E-state index contributed by atoms with van der Waals surface area (Å²) in [6, 6.07) is 0. The lowest BCUT2D eigenvalue weighted by molar-refractivity contribution is -0.156. The molecule has 0 aromatic carbocycles. The highest BCUT2D eigenvalue weighted by Crippen LogP contribution is 2.08. The summed E-state index contributed by atoms with van der Waals surface area (Å²) < 4.78 is 31.2. The van der Waals surface area contributed by atoms with Gasteiger partial charge in [-0.05, 0) is 13.0 Å². The molecule has 5 heteroatoms. The minimum Gasteiger partial charge on any atom is -0.330 e. The second kappa shape index (κ2) is 6.54. The van der Waals surface area contributed by atoms with E-state index in [0.717, 1.165) is 13.0 Å². The van der Waals surface area contributed by atoms with Crippen LogP contribution in [0.2, 0.25) is 0 Å². The Morgan fingerprint density at radius 2 is 1.70 bits per heavy atom. The van der Waals surface area contributed by atoms with E-state index >= 15 is 0 Å². The molecule has 0 radical (unpaired) electrons. The topological polar surface area (TPSA) is 43.1 Å². The molecular weight excluding hydrogens is 147 g/mol. The van der Waals surface area contributed by atoms with Crippen LogP contribution < -0.4 is 5.73 Å². The molecule has 0 fully saturated rings. The number of hydrogen-bond acceptors (Lipinski definition) is 2. The fourth-order valence-electron chi connectivity index (χ4n) is 0. The molecule has 0 heterocycles. The van der Waals surface area contributed by atoms with E-state index in [1.165, 1.54) is 0 Å². The molecule has 0 bridgehead atoms. The molecule has 0 aliphatic carbocycles. The molecule has 0 aromatic rings. The lowest BCUT2D eigenvalue weighted by atomic mass is 10.5. The molecular formula is C5H10F3NO. The molecule has 0 saturated carbocycles. The quantitative estimate of drug-likeness (QED) is 0.579. The van der Waals surface area contributed by atoms with Crippen LogP contribution in [0.15, 0.2) is 0 Å². The van der Waals surface area contributed by atoms with Gasteiger partial charge in [-0.1, -0.05) is 6.92 Å². The van der Waals surface area contributed by atoms with Gasteiger partial charge in [0, 0.05) is 0 Å². The minimum absolute atomic E-state index is 0.819. The van der Waals surface area contributed by atoms with Crippen LogP contribution in [-0.4, -0.2) is 19.0 Å². The predicted molar refractivity (Wildman–Crippen MR) is 31.5 cm³/mol. The van der Waals surface area contributed by atoms with Crippen molar-refractivity contribution < 1.29 is 18.0 Å². The van der Waals surface area contributed by atoms with E-state index in [1.807, 2.05) is 0 Å². The highest BCUT2D eigenvalue weighted by Gasteiger charge is 2.24. The minimum atomic E-state index is -4.64. The van der Waals surface area contributed by atoms with Crippen LogP contribution in [0.3, 0.4) is 0 Å². The normalized spacial score (nSPS) is 9.70. The summed E-state index contributed by atoms with van der Waals surface area (Å²) in [6.07, 6.45) is -4.60. The number of aldehydes is 1. The average Bonchev–Trinajstić information content (AvgIpc) is 1.87. The van der Waals surface area contributed by atoms with Crippen molar-refractivity contribution in [1.29, 1.82) is 0 Å². The van der Waals surface area contributed by atoms with Crippen molar-refractivity contribution in [2.75, 3.05) is 6.54 Å². The highest BCUT2D eigenvalue weighted by molar-refractivity contribution is 5.56. The lowest BCUT2D eigenvalue weighted by Crippen LogP contribution is -2.07. The van der Waals surface area contributed by atoms with Gasteiger partial charge in [0.2, 0.25) is 6.29 Å². The van der Waals surface area contributed by atoms with Gasteiger partial charge in [-0.15, -0.1) is 0 Å². The monoisotopic (exact) mass is 157 g/mol. The SMILES string of the molecule is CCCN.O=CC(F)(F)F. The number of nitrogens with two attached hydrogens (primary N) is 1. The number of alkyl halides is 3. The molecule has 0 atom stereocenters. The van der Waals surface area contributed by atoms with Crippen molar-refractivity contribution in [3.8, 4) is 0 Å². The van der Waals surface area contributed by atoms with Crippen LogP contribution in [0.5, 0.6) is 0 Å². The van der Waals surface area contributed by atoms with Crippen LogP contribution in [0.4, 0.5) is 13.2 Å². The maximum atomic E-state index is 10.4. The van der Waals surface area contributed by atoms with Gasteiger partial charge in [-0.2, -0.15) is 13.2 Å². The first kappa shape index (κ1) is 12.1. The Kier molecular flexibility index (Phi) is 7.93. The van der Waals surface area contributed by atoms with Gasteiger partial charge in [0.25, 0.3) is 0 Å². The molecule has 0 aliphatic rings. The van der Waals surface area contributed by atoms with Crippen molar-refractivity contribution in [1.82, 2.24) is 0 Å². The summed E-state index contributed by atoms with van der Waals surface area (Å²) in [7, 11) is 0. The molecule has 62 valence electrons. The fraction of sp³-hybridized carbons (Fsp3) is 0.800. The molecule has 0 spiro atoms. The third kappa shape index (κ3) is 26.1. The smallest absolute Gasteiger partial charge is 0.330 e. The Balaban J connectivity index is 0. The fourth-order valence-corrected chi connectivity index (χ4v) is 0. The van der Waals surface area contributed by atoms with Crippen molar-refractivity contribution >= 4 is 6.29 Å². The standard InChI is InChI=1S/C3H9N.C2HF3O/c1-2-3-4;3-2(4,5)1-6/h2-4H2,1H3;1H. The molecule has 2 N–H and O–H groups in total. The maximum absolute atomic E-state index is 10.4. The molecule has 2 nitrogen and oxygen atoms in total. The van der Waals surface area contributed by atoms with E-state index in [0.29, 0.717) is 0 Å². The Bertz CT molecular complexity index is 79.5. The first-order valence-corrected chi connectivity index (χ1v) is 2.71. The molecule has 10 heavy (non-hydrogen) atoms. The van der Waals surface area contributed by atoms with Gasteiger partial charge in [-0.3, -0.25) is 4.79 Å². The second-order valence-corrected chi connectivity index (χ2v) is 1.45. The first-order valence-electron chi connectivity index (χ1n) is 2.71. The Morgan fingerprint density at radius 1 is 1.50 bits per heavy atom. The highest BCUT2D eigenvalue weighted by atomic mass is 19.4. The number of rotatable bonds is 1. The molecule has 0 aromatic heterocycles. The summed E-state index contributed by atoms with van der Waals surface area (Å²) in [4.78, 5) is 8.70. The van der Waals surface area contributed by atoms with Crippen molar-refractivity contribution in [2.24, 2.45) is 5.73 Å². The zero-order chi connectivity index (χ0) is 8.62. The number of carbonyl (C=O) groups is 1. The number of carbonyl (C=O) groups excluding carboxylic acids is 1. The maximum Gasteiger partial charge on any atom is 0.446 e. The summed E-state index contributed by atoms with van der Waals surface area (Å²) >= 11 is 0. The Morgan fingerprint density at radius 3 is 1.70 bits per heavy atom. The van der Waals surface area contributed by atoms with Gasteiger partial charge < -0.3 is 5.73 Å². The van der Waals surface area contributed by atoms with E-state index in [9.17, 15) is 13.2 Å². The molecule has 0 rings (SSSR count). The van der Waals surface area contributed by atoms with E-state index in [4.69, 9.17) is 10.5 Å². The van der Waals surface area contributed by atoms with Crippen LogP contribution in [0, 0.1) is 0 Å². The van der Waals surface area contributed by atoms with Crippen LogP contribution in [0.1, 0.15) is 13.3 Å². The zero-order valence-electron chi connectivity index (χ0n) is 5.61. The van der Waals surface area contributed by atoms with Gasteiger partial charge in [0.1, 0.15) is 0 Å². The van der Waals surface area contributed by atoms with Crippen LogP contribution in [0.25, 0.3) is 0 Å². The van der Waals surface area contributed by atoms with Crippen molar-refractivity contribution in [2.45, 2.75) is 19.5 Å². The molecule has 0 amide bonds. The Hall–Kier alpha value is -0.580. The zero-order valence-corrected chi connectivity index (χ0v) is 5.61. The summed E-state index contributed by atoms with van der Waals surface area (Å²) in [5.41, 5.74) is 5.03. The van der Waals surface area contributed by atoms with E-state index in [-0.39, 0.29) is 0 Å². The van der Waals surface area contributed by atoms with Crippen molar-refractivity contribution in [3.63, 3.8) is 0 Å². The largest absolute Gasteiger partial charge is 0.446 e. The summed E-state index contributed by atoms with van der Waals surface area (Å²) in [5, 5.41) is 0. The summed E-state index contributed by atoms with van der Waals surface area (Å²) in [5.74, 6) is 0. The van der Waals surface area contributed by atoms with Gasteiger partial charge in [0.05, 0.1) is 0 Å². The average molecular weight is 157 g/mol. The number of halogens is 3. The van der Waals surface area contributed by atoms with Crippen LogP contribution in [-0.2, 0) is 4.79 Å². The lowest BCUT2D eigenvalue weighted by Gasteiger charge is -1.87. The predicted octanol–water partition coefficient (Wildman–Crippen LogP) is 1.10. The van der Waals surface area contributed by atoms with Gasteiger partial charge >= 0.3 is 6.18 Å². The van der Waals surface area contributed by atoms with Crippen LogP contribution >= 0.6 is 0 Å². The number of hydrogen-bond donors (Lipinski definition) is 1. The van der Waals surface area contributed by atoms with E-state index in [1.54, 1.807) is 0 Å². The first-order chi connectivity index (χ1) is 4.47. The Labute approximate surface area is 57.2 Å². The molecule has 0 unspecified atom stereocenters. The second-order valence-electron chi connectivity index (χ2n) is 1.45. The van der Waals surface area contributed by atoms with Gasteiger partial charge in [0.15, 0.2) is 0 Å². The van der Waals surface area contributed by atoms with Crippen molar-refractivity contribution in [3.05, 3.63) is 0 Å². The third-order valence-corrected chi connectivity index (χ3v) is 0.422. The molecule has 0 aliphatic heterocycles. The van der Waals surface area contributed by atoms with Gasteiger partial charge in [-0.25, -0.2) is 0 Å². The van der Waals surface area contributed by atoms with E-state index < -0.39 is 12.5 Å². The van der Waals surface area contributed by atoms with E-state index in [2.05, 4.69) is 6.92 Å². The summed E-state index contributed by atoms with van der Waals surface area (Å²) in [6.45, 7) is 2.88. The third-order valence-electron chi connectivity index (χ3n) is 0.422. The molecule has 0 saturated heterocycles.